The highest BCUT2D eigenvalue weighted by Gasteiger charge is 2.31. The minimum absolute atomic E-state index is 0.590. The fourth-order valence-corrected chi connectivity index (χ4v) is 3.81. The summed E-state index contributed by atoms with van der Waals surface area (Å²) in [4.78, 5) is 5.16. The number of likely N-dealkylation sites (N-methyl/N-ethyl adjacent to an activating group) is 1. The molecule has 2 fully saturated rings. The summed E-state index contributed by atoms with van der Waals surface area (Å²) in [6.07, 6.45) is 8.48. The second-order valence-corrected chi connectivity index (χ2v) is 6.33. The highest BCUT2D eigenvalue weighted by atomic mass is 15.3. The van der Waals surface area contributed by atoms with Gasteiger partial charge in [0.15, 0.2) is 0 Å². The second-order valence-electron chi connectivity index (χ2n) is 6.33. The van der Waals surface area contributed by atoms with Crippen LogP contribution < -0.4 is 5.73 Å². The predicted octanol–water partition coefficient (Wildman–Crippen LogP) is 1.92. The lowest BCUT2D eigenvalue weighted by atomic mass is 9.97. The summed E-state index contributed by atoms with van der Waals surface area (Å²) in [5.74, 6) is 0.985. The molecular formula is C15H31N3. The van der Waals surface area contributed by atoms with Crippen molar-refractivity contribution < 1.29 is 0 Å². The van der Waals surface area contributed by atoms with Crippen LogP contribution in [0.4, 0.5) is 0 Å². The molecule has 0 aromatic rings. The average molecular weight is 253 g/mol. The first-order valence-electron chi connectivity index (χ1n) is 7.89. The molecule has 106 valence electrons. The topological polar surface area (TPSA) is 32.5 Å². The molecule has 3 atom stereocenters. The maximum Gasteiger partial charge on any atom is 0.0349 e. The Labute approximate surface area is 113 Å². The van der Waals surface area contributed by atoms with E-state index in [4.69, 9.17) is 5.73 Å². The Bertz CT molecular complexity index is 244. The molecule has 0 spiro atoms. The highest BCUT2D eigenvalue weighted by Crippen LogP contribution is 2.29. The summed E-state index contributed by atoms with van der Waals surface area (Å²) in [7, 11) is 2.22. The first-order valence-corrected chi connectivity index (χ1v) is 7.89. The number of nitrogens with two attached hydrogens (primary N) is 1. The Morgan fingerprint density at radius 3 is 2.67 bits per heavy atom. The molecule has 2 N–H and O–H groups in total. The van der Waals surface area contributed by atoms with Crippen molar-refractivity contribution in [3.8, 4) is 0 Å². The zero-order chi connectivity index (χ0) is 13.0. The second kappa shape index (κ2) is 6.88. The van der Waals surface area contributed by atoms with Gasteiger partial charge < -0.3 is 10.6 Å². The third-order valence-corrected chi connectivity index (χ3v) is 5.11. The molecule has 1 aliphatic carbocycles. The van der Waals surface area contributed by atoms with E-state index < -0.39 is 0 Å². The van der Waals surface area contributed by atoms with E-state index in [1.165, 1.54) is 51.6 Å². The van der Waals surface area contributed by atoms with Crippen molar-refractivity contribution in [3.05, 3.63) is 0 Å². The van der Waals surface area contributed by atoms with Gasteiger partial charge in [-0.05, 0) is 32.2 Å². The summed E-state index contributed by atoms with van der Waals surface area (Å²) in [6, 6.07) is 1.40. The van der Waals surface area contributed by atoms with E-state index in [9.17, 15) is 0 Å². The Kier molecular flexibility index (Phi) is 5.46. The molecule has 3 unspecified atom stereocenters. The third kappa shape index (κ3) is 3.46. The molecule has 1 saturated heterocycles. The van der Waals surface area contributed by atoms with E-state index in [1.807, 2.05) is 0 Å². The van der Waals surface area contributed by atoms with E-state index >= 15 is 0 Å². The SMILES string of the molecule is CCC1CCCC(N2CCN(C)CC2CN)CC1. The Morgan fingerprint density at radius 1 is 1.11 bits per heavy atom. The molecule has 1 saturated carbocycles. The van der Waals surface area contributed by atoms with Crippen LogP contribution in [0, 0.1) is 5.92 Å². The zero-order valence-electron chi connectivity index (χ0n) is 12.3. The van der Waals surface area contributed by atoms with Crippen LogP contribution in [0.2, 0.25) is 0 Å². The number of hydrogen-bond acceptors (Lipinski definition) is 3. The van der Waals surface area contributed by atoms with Crippen LogP contribution in [0.25, 0.3) is 0 Å². The summed E-state index contributed by atoms with van der Waals surface area (Å²) in [5.41, 5.74) is 5.99. The maximum atomic E-state index is 5.99. The fourth-order valence-electron chi connectivity index (χ4n) is 3.81. The first-order chi connectivity index (χ1) is 8.74. The van der Waals surface area contributed by atoms with Crippen molar-refractivity contribution in [1.29, 1.82) is 0 Å². The monoisotopic (exact) mass is 253 g/mol. The predicted molar refractivity (Wildman–Crippen MR) is 77.7 cm³/mol. The summed E-state index contributed by atoms with van der Waals surface area (Å²) in [5, 5.41) is 0. The number of piperazine rings is 1. The van der Waals surface area contributed by atoms with Gasteiger partial charge in [-0.25, -0.2) is 0 Å². The van der Waals surface area contributed by atoms with Crippen molar-refractivity contribution in [2.45, 2.75) is 57.5 Å². The van der Waals surface area contributed by atoms with E-state index in [2.05, 4.69) is 23.8 Å². The zero-order valence-corrected chi connectivity index (χ0v) is 12.3. The van der Waals surface area contributed by atoms with Gasteiger partial charge in [-0.1, -0.05) is 26.2 Å². The number of hydrogen-bond donors (Lipinski definition) is 1. The van der Waals surface area contributed by atoms with Gasteiger partial charge in [-0.15, -0.1) is 0 Å². The van der Waals surface area contributed by atoms with Crippen molar-refractivity contribution in [3.63, 3.8) is 0 Å². The van der Waals surface area contributed by atoms with Gasteiger partial charge in [0.25, 0.3) is 0 Å². The van der Waals surface area contributed by atoms with Crippen LogP contribution in [-0.2, 0) is 0 Å². The molecule has 0 bridgehead atoms. The number of nitrogens with zero attached hydrogens (tertiary/aromatic N) is 2. The maximum absolute atomic E-state index is 5.99. The van der Waals surface area contributed by atoms with Crippen LogP contribution >= 0.6 is 0 Å². The molecule has 0 aromatic carbocycles. The van der Waals surface area contributed by atoms with Crippen LogP contribution in [0.1, 0.15) is 45.4 Å². The summed E-state index contributed by atoms with van der Waals surface area (Å²) in [6.45, 7) is 6.76. The van der Waals surface area contributed by atoms with Gasteiger partial charge in [0.05, 0.1) is 0 Å². The van der Waals surface area contributed by atoms with Gasteiger partial charge >= 0.3 is 0 Å². The average Bonchev–Trinajstić information content (AvgIpc) is 2.63. The smallest absolute Gasteiger partial charge is 0.0349 e. The van der Waals surface area contributed by atoms with E-state index in [1.54, 1.807) is 0 Å². The Balaban J connectivity index is 1.92. The fraction of sp³-hybridized carbons (Fsp3) is 1.00. The minimum atomic E-state index is 0.590. The van der Waals surface area contributed by atoms with Crippen molar-refractivity contribution in [1.82, 2.24) is 9.80 Å². The van der Waals surface area contributed by atoms with E-state index in [0.717, 1.165) is 25.0 Å². The summed E-state index contributed by atoms with van der Waals surface area (Å²) >= 11 is 0. The largest absolute Gasteiger partial charge is 0.329 e. The number of rotatable bonds is 3. The first kappa shape index (κ1) is 14.3. The molecule has 18 heavy (non-hydrogen) atoms. The standard InChI is InChI=1S/C15H31N3/c1-3-13-5-4-6-14(8-7-13)18-10-9-17(2)12-15(18)11-16/h13-15H,3-12,16H2,1-2H3. The molecule has 3 nitrogen and oxygen atoms in total. The van der Waals surface area contributed by atoms with Crippen LogP contribution in [-0.4, -0.2) is 55.1 Å². The molecule has 1 heterocycles. The molecule has 0 amide bonds. The molecular weight excluding hydrogens is 222 g/mol. The molecule has 0 aromatic heterocycles. The van der Waals surface area contributed by atoms with Crippen LogP contribution in [0.3, 0.4) is 0 Å². The quantitative estimate of drug-likeness (QED) is 0.780. The van der Waals surface area contributed by atoms with Crippen LogP contribution in [0.5, 0.6) is 0 Å². The summed E-state index contributed by atoms with van der Waals surface area (Å²) < 4.78 is 0. The van der Waals surface area contributed by atoms with Gasteiger partial charge in [-0.2, -0.15) is 0 Å². The van der Waals surface area contributed by atoms with E-state index in [-0.39, 0.29) is 0 Å². The lowest BCUT2D eigenvalue weighted by Crippen LogP contribution is -2.58. The van der Waals surface area contributed by atoms with Gasteiger partial charge in [0.2, 0.25) is 0 Å². The lowest BCUT2D eigenvalue weighted by Gasteiger charge is -2.44. The van der Waals surface area contributed by atoms with E-state index in [0.29, 0.717) is 6.04 Å². The molecule has 3 heteroatoms. The Hall–Kier alpha value is -0.120. The van der Waals surface area contributed by atoms with Gasteiger partial charge in [0, 0.05) is 38.3 Å². The van der Waals surface area contributed by atoms with Gasteiger partial charge in [-0.3, -0.25) is 4.90 Å². The molecule has 1 aliphatic heterocycles. The molecule has 2 rings (SSSR count). The Morgan fingerprint density at radius 2 is 1.94 bits per heavy atom. The lowest BCUT2D eigenvalue weighted by molar-refractivity contribution is 0.0495. The third-order valence-electron chi connectivity index (χ3n) is 5.11. The van der Waals surface area contributed by atoms with Crippen LogP contribution in [0.15, 0.2) is 0 Å². The highest BCUT2D eigenvalue weighted by molar-refractivity contribution is 4.87. The van der Waals surface area contributed by atoms with Crippen molar-refractivity contribution in [2.24, 2.45) is 11.7 Å². The minimum Gasteiger partial charge on any atom is -0.329 e. The molecule has 2 aliphatic rings. The van der Waals surface area contributed by atoms with Crippen molar-refractivity contribution >= 4 is 0 Å². The van der Waals surface area contributed by atoms with Gasteiger partial charge in [0.1, 0.15) is 0 Å². The molecule has 0 radical (unpaired) electrons. The normalized spacial score (nSPS) is 36.5. The van der Waals surface area contributed by atoms with Crippen molar-refractivity contribution in [2.75, 3.05) is 33.2 Å².